The lowest BCUT2D eigenvalue weighted by Crippen LogP contribution is -2.61. The second-order valence-corrected chi connectivity index (χ2v) is 18.7. The Kier molecular flexibility index (Phi) is 23.2. The van der Waals surface area contributed by atoms with Crippen molar-refractivity contribution in [3.63, 3.8) is 0 Å². The number of thioether (sulfide) groups is 1. The maximum Gasteiger partial charge on any atom is 0.305 e. The molecular weight excluding hydrogens is 921 g/mol. The molecule has 2 aliphatic heterocycles. The third-order valence-electron chi connectivity index (χ3n) is 11.6. The summed E-state index contributed by atoms with van der Waals surface area (Å²) in [5, 5.41) is 27.8. The van der Waals surface area contributed by atoms with Crippen LogP contribution in [-0.4, -0.2) is 149 Å². The molecule has 3 rings (SSSR count). The van der Waals surface area contributed by atoms with Gasteiger partial charge in [-0.05, 0) is 67.4 Å². The van der Waals surface area contributed by atoms with Gasteiger partial charge >= 0.3 is 5.97 Å². The highest BCUT2D eigenvalue weighted by molar-refractivity contribution is 7.99. The summed E-state index contributed by atoms with van der Waals surface area (Å²) in [6, 6.07) is -2.70. The van der Waals surface area contributed by atoms with Crippen LogP contribution in [0.5, 0.6) is 5.75 Å². The van der Waals surface area contributed by atoms with Crippen molar-refractivity contribution in [2.75, 3.05) is 31.7 Å². The number of nitrogens with one attached hydrogen (secondary N) is 7. The number of ether oxygens (including phenoxy) is 1. The molecule has 0 aliphatic carbocycles. The van der Waals surface area contributed by atoms with E-state index < -0.39 is 139 Å². The molecule has 1 aromatic rings. The number of rotatable bonds is 18. The lowest BCUT2D eigenvalue weighted by Gasteiger charge is -2.31. The van der Waals surface area contributed by atoms with E-state index in [0.29, 0.717) is 24.2 Å². The summed E-state index contributed by atoms with van der Waals surface area (Å²) in [6.45, 7) is 6.68. The molecule has 23 nitrogen and oxygen atoms in total. The Labute approximate surface area is 405 Å². The summed E-state index contributed by atoms with van der Waals surface area (Å²) >= 11 is 1.16. The van der Waals surface area contributed by atoms with E-state index in [1.165, 1.54) is 12.0 Å². The third kappa shape index (κ3) is 18.9. The second-order valence-electron chi connectivity index (χ2n) is 17.6. The number of hydrogen-bond donors (Lipinski definition) is 10. The van der Waals surface area contributed by atoms with Crippen molar-refractivity contribution in [2.45, 2.75) is 134 Å². The van der Waals surface area contributed by atoms with E-state index >= 15 is 0 Å². The molecule has 1 aromatic carbocycles. The van der Waals surface area contributed by atoms with Crippen LogP contribution in [0.1, 0.15) is 91.0 Å². The van der Waals surface area contributed by atoms with E-state index in [1.807, 2.05) is 13.8 Å². The molecule has 0 aromatic heterocycles. The summed E-state index contributed by atoms with van der Waals surface area (Å²) < 4.78 is 5.25. The fourth-order valence-electron chi connectivity index (χ4n) is 7.66. The van der Waals surface area contributed by atoms with Gasteiger partial charge in [-0.15, -0.1) is 0 Å². The van der Waals surface area contributed by atoms with Crippen LogP contribution < -0.4 is 53.4 Å². The smallest absolute Gasteiger partial charge is 0.305 e. The zero-order chi connectivity index (χ0) is 51.4. The van der Waals surface area contributed by atoms with E-state index in [1.54, 1.807) is 38.1 Å². The number of aliphatic carboxylic acids is 1. The number of nitrogens with zero attached hydrogens (tertiary/aromatic N) is 1. The van der Waals surface area contributed by atoms with Gasteiger partial charge in [0.05, 0.1) is 20.1 Å². The molecule has 0 saturated carbocycles. The average Bonchev–Trinajstić information content (AvgIpc) is 3.79. The molecule has 0 unspecified atom stereocenters. The van der Waals surface area contributed by atoms with Crippen molar-refractivity contribution in [3.05, 3.63) is 29.8 Å². The molecule has 24 heteroatoms. The van der Waals surface area contributed by atoms with Gasteiger partial charge in [-0.2, -0.15) is 11.8 Å². The first-order chi connectivity index (χ1) is 32.6. The van der Waals surface area contributed by atoms with Gasteiger partial charge in [0.1, 0.15) is 48.0 Å². The Balaban J connectivity index is 2.02. The summed E-state index contributed by atoms with van der Waals surface area (Å²) in [7, 11) is 1.50. The largest absolute Gasteiger partial charge is 0.497 e. The monoisotopic (exact) mass is 988 g/mol. The zero-order valence-corrected chi connectivity index (χ0v) is 40.6. The predicted molar refractivity (Wildman–Crippen MR) is 251 cm³/mol. The lowest BCUT2D eigenvalue weighted by atomic mass is 9.96. The highest BCUT2D eigenvalue weighted by Crippen LogP contribution is 2.22. The molecule has 0 bridgehead atoms. The van der Waals surface area contributed by atoms with Crippen molar-refractivity contribution in [2.24, 2.45) is 23.3 Å². The summed E-state index contributed by atoms with van der Waals surface area (Å²) in [5.41, 5.74) is 11.2. The molecule has 69 heavy (non-hydrogen) atoms. The summed E-state index contributed by atoms with van der Waals surface area (Å²) in [4.78, 5) is 148. The summed E-state index contributed by atoms with van der Waals surface area (Å²) in [6.07, 6.45) is -0.552. The van der Waals surface area contributed by atoms with Gasteiger partial charge in [0.2, 0.25) is 59.1 Å². The van der Waals surface area contributed by atoms with Crippen LogP contribution >= 0.6 is 11.8 Å². The number of carbonyl (C=O) groups excluding carboxylic acids is 10. The molecule has 2 heterocycles. The van der Waals surface area contributed by atoms with Crippen LogP contribution in [0.4, 0.5) is 0 Å². The van der Waals surface area contributed by atoms with Crippen molar-refractivity contribution in [1.29, 1.82) is 0 Å². The van der Waals surface area contributed by atoms with Crippen LogP contribution in [0, 0.1) is 11.8 Å². The van der Waals surface area contributed by atoms with E-state index in [-0.39, 0.29) is 56.1 Å². The number of primary amides is 2. The zero-order valence-electron chi connectivity index (χ0n) is 39.8. The molecule has 0 radical (unpaired) electrons. The Morgan fingerprint density at radius 3 is 2.12 bits per heavy atom. The van der Waals surface area contributed by atoms with Crippen LogP contribution in [0.3, 0.4) is 0 Å². The van der Waals surface area contributed by atoms with E-state index in [2.05, 4.69) is 37.2 Å². The fourth-order valence-corrected chi connectivity index (χ4v) is 8.63. The van der Waals surface area contributed by atoms with Crippen molar-refractivity contribution in [3.8, 4) is 5.75 Å². The number of amides is 10. The first-order valence-electron chi connectivity index (χ1n) is 23.0. The molecule has 382 valence electrons. The number of nitrogens with two attached hydrogens (primary N) is 2. The van der Waals surface area contributed by atoms with Crippen LogP contribution in [-0.2, 0) is 59.2 Å². The van der Waals surface area contributed by atoms with Gasteiger partial charge < -0.3 is 63.4 Å². The fraction of sp³-hybridized carbons (Fsp3) is 0.622. The molecule has 8 atom stereocenters. The predicted octanol–water partition coefficient (Wildman–Crippen LogP) is -1.90. The number of carbonyl (C=O) groups is 11. The number of likely N-dealkylation sites (tertiary alicyclic amines) is 1. The second kappa shape index (κ2) is 28.1. The minimum atomic E-state index is -1.84. The molecule has 2 fully saturated rings. The van der Waals surface area contributed by atoms with Crippen molar-refractivity contribution in [1.82, 2.24) is 42.1 Å². The average molecular weight is 989 g/mol. The topological polar surface area (TPSA) is 357 Å². The minimum Gasteiger partial charge on any atom is -0.497 e. The first-order valence-corrected chi connectivity index (χ1v) is 24.2. The summed E-state index contributed by atoms with van der Waals surface area (Å²) in [5.74, 6) is -9.45. The van der Waals surface area contributed by atoms with Gasteiger partial charge in [-0.3, -0.25) is 52.7 Å². The van der Waals surface area contributed by atoms with E-state index in [4.69, 9.17) is 16.2 Å². The molecule has 2 saturated heterocycles. The first kappa shape index (κ1) is 56.9. The number of benzene rings is 1. The van der Waals surface area contributed by atoms with Crippen molar-refractivity contribution < 1.29 is 62.6 Å². The van der Waals surface area contributed by atoms with Gasteiger partial charge in [-0.1, -0.05) is 46.2 Å². The molecule has 10 amide bonds. The molecule has 2 aliphatic rings. The minimum absolute atomic E-state index is 0.0135. The molecule has 12 N–H and O–H groups in total. The molecule has 0 spiro atoms. The SMILES string of the molecule is CC[C@H](C)[C@@H]1NC(=O)[C@H](Cc2ccc(OC)cc2)NC(=O)CCCSC[C@@H](C(=O)N2CCC[C@H]2C(=O)N[C@@H](CC(C)C)C(=O)NCC(N)=O)NC(=O)[C@H](CC(=O)O)NC(=O)[C@H](CCC(N)=O)NC1=O. The number of hydrogen-bond acceptors (Lipinski definition) is 13. The van der Waals surface area contributed by atoms with Gasteiger partial charge in [0, 0.05) is 31.6 Å². The normalized spacial score (nSPS) is 23.2. The number of carboxylic acid groups (broad SMARTS) is 1. The maximum absolute atomic E-state index is 14.5. The standard InChI is InChI=1S/C45H68N10O13S/c1-6-25(4)38-44(66)50-28(15-16-34(46)56)40(62)51-31(21-37(59)60)41(63)53-32(23-69-18-8-10-36(58)49-30(42(64)54-38)20-26-11-13-27(68-5)14-12-26)45(67)55-17-7-9-33(55)43(65)52-29(19-24(2)3)39(61)48-22-35(47)57/h11-14,24-25,28-33,38H,6-10,15-23H2,1-5H3,(H2,46,56)(H2,47,57)(H,48,61)(H,49,58)(H,50,66)(H,51,62)(H,52,65)(H,53,63)(H,54,64)(H,59,60)/t25-,28-,29-,30-,31-,32-,33-,38-/m0/s1. The number of methoxy groups -OCH3 is 1. The highest BCUT2D eigenvalue weighted by atomic mass is 32.2. The Hall–Kier alpha value is -6.46. The van der Waals surface area contributed by atoms with Crippen molar-refractivity contribution >= 4 is 76.8 Å². The quantitative estimate of drug-likeness (QED) is 0.0769. The van der Waals surface area contributed by atoms with Gasteiger partial charge in [-0.25, -0.2) is 0 Å². The van der Waals surface area contributed by atoms with Gasteiger partial charge in [0.15, 0.2) is 0 Å². The van der Waals surface area contributed by atoms with Crippen LogP contribution in [0.15, 0.2) is 24.3 Å². The van der Waals surface area contributed by atoms with E-state index in [0.717, 1.165) is 11.8 Å². The Bertz CT molecular complexity index is 2020. The van der Waals surface area contributed by atoms with E-state index in [9.17, 15) is 57.8 Å². The molecular formula is C45H68N10O13S. The highest BCUT2D eigenvalue weighted by Gasteiger charge is 2.41. The van der Waals surface area contributed by atoms with Gasteiger partial charge in [0.25, 0.3) is 0 Å². The Morgan fingerprint density at radius 2 is 1.51 bits per heavy atom. The number of carboxylic acids is 1. The maximum atomic E-state index is 14.5. The third-order valence-corrected chi connectivity index (χ3v) is 12.7. The van der Waals surface area contributed by atoms with Crippen LogP contribution in [0.25, 0.3) is 0 Å². The van der Waals surface area contributed by atoms with Crippen LogP contribution in [0.2, 0.25) is 0 Å². The Morgan fingerprint density at radius 1 is 0.855 bits per heavy atom. The lowest BCUT2D eigenvalue weighted by molar-refractivity contribution is -0.143.